The first-order chi connectivity index (χ1) is 17.3. The summed E-state index contributed by atoms with van der Waals surface area (Å²) in [5.41, 5.74) is 14.0. The van der Waals surface area contributed by atoms with Gasteiger partial charge in [0.25, 0.3) is 0 Å². The second kappa shape index (κ2) is 19.1. The monoisotopic (exact) mass is 498 g/mol. The fraction of sp³-hybridized carbons (Fsp3) is 0.483. The number of benzene rings is 2. The number of rotatable bonds is 6. The molecule has 0 bridgehead atoms. The molecular weight excluding hydrogens is 452 g/mol. The quantitative estimate of drug-likeness (QED) is 0.519. The number of likely N-dealkylation sites (tertiary alicyclic amines) is 1. The molecule has 0 radical (unpaired) electrons. The lowest BCUT2D eigenvalue weighted by molar-refractivity contribution is -0.140. The van der Waals surface area contributed by atoms with E-state index < -0.39 is 6.04 Å². The van der Waals surface area contributed by atoms with Crippen LogP contribution in [0.5, 0.6) is 0 Å². The van der Waals surface area contributed by atoms with Gasteiger partial charge in [0.15, 0.2) is 0 Å². The van der Waals surface area contributed by atoms with Crippen LogP contribution in [0.1, 0.15) is 59.9 Å². The summed E-state index contributed by atoms with van der Waals surface area (Å²) in [6, 6.07) is 18.4. The van der Waals surface area contributed by atoms with Crippen molar-refractivity contribution >= 4 is 18.2 Å². The van der Waals surface area contributed by atoms with Gasteiger partial charge in [-0.25, -0.2) is 0 Å². The van der Waals surface area contributed by atoms with Crippen LogP contribution in [0, 0.1) is 5.92 Å². The van der Waals surface area contributed by atoms with Gasteiger partial charge in [0, 0.05) is 13.1 Å². The van der Waals surface area contributed by atoms with E-state index in [-0.39, 0.29) is 30.2 Å². The van der Waals surface area contributed by atoms with E-state index in [2.05, 4.69) is 66.5 Å². The molecule has 1 aliphatic rings. The molecule has 200 valence electrons. The molecule has 0 saturated carbocycles. The van der Waals surface area contributed by atoms with Crippen molar-refractivity contribution < 1.29 is 14.4 Å². The number of hydrogen-bond donors (Lipinski definition) is 3. The average Bonchev–Trinajstić information content (AvgIpc) is 3.41. The van der Waals surface area contributed by atoms with Gasteiger partial charge in [0.1, 0.15) is 6.04 Å². The zero-order chi connectivity index (χ0) is 27.5. The largest absolute Gasteiger partial charge is 0.372 e. The predicted molar refractivity (Wildman–Crippen MR) is 149 cm³/mol. The van der Waals surface area contributed by atoms with E-state index in [9.17, 15) is 9.59 Å². The van der Waals surface area contributed by atoms with Crippen molar-refractivity contribution in [1.29, 1.82) is 0 Å². The molecule has 3 amide bonds. The third-order valence-electron chi connectivity index (χ3n) is 5.66. The normalized spacial score (nSPS) is 14.7. The third kappa shape index (κ3) is 11.0. The summed E-state index contributed by atoms with van der Waals surface area (Å²) in [7, 11) is 0. The van der Waals surface area contributed by atoms with E-state index >= 15 is 0 Å². The van der Waals surface area contributed by atoms with Gasteiger partial charge < -0.3 is 21.7 Å². The first-order valence-corrected chi connectivity index (χ1v) is 12.9. The first kappa shape index (κ1) is 32.8. The molecule has 1 unspecified atom stereocenters. The van der Waals surface area contributed by atoms with Crippen LogP contribution >= 0.6 is 0 Å². The second-order valence-electron chi connectivity index (χ2n) is 8.41. The van der Waals surface area contributed by atoms with Gasteiger partial charge >= 0.3 is 0 Å². The average molecular weight is 499 g/mol. The van der Waals surface area contributed by atoms with Crippen LogP contribution in [0.25, 0.3) is 11.1 Å². The molecule has 1 heterocycles. The smallest absolute Gasteiger partial charge is 0.242 e. The molecular formula is C29H46N4O3. The van der Waals surface area contributed by atoms with E-state index in [0.717, 1.165) is 19.3 Å². The first-order valence-electron chi connectivity index (χ1n) is 12.9. The molecule has 36 heavy (non-hydrogen) atoms. The maximum atomic E-state index is 12.1. The highest BCUT2D eigenvalue weighted by Crippen LogP contribution is 2.20. The van der Waals surface area contributed by atoms with Crippen LogP contribution in [-0.2, 0) is 20.8 Å². The van der Waals surface area contributed by atoms with Gasteiger partial charge in [-0.1, -0.05) is 89.2 Å². The number of aryl methyl sites for hydroxylation is 1. The number of nitrogens with zero attached hydrogens (tertiary/aromatic N) is 1. The van der Waals surface area contributed by atoms with E-state index in [0.29, 0.717) is 13.1 Å². The van der Waals surface area contributed by atoms with Crippen LogP contribution in [0.2, 0.25) is 0 Å². The van der Waals surface area contributed by atoms with Gasteiger partial charge in [-0.3, -0.25) is 14.4 Å². The fourth-order valence-electron chi connectivity index (χ4n) is 3.64. The van der Waals surface area contributed by atoms with E-state index in [4.69, 9.17) is 10.5 Å². The van der Waals surface area contributed by atoms with Crippen molar-refractivity contribution in [3.63, 3.8) is 0 Å². The van der Waals surface area contributed by atoms with Crippen LogP contribution in [-0.4, -0.2) is 48.3 Å². The number of nitrogens with one attached hydrogen (secondary N) is 1. The van der Waals surface area contributed by atoms with E-state index in [1.165, 1.54) is 16.7 Å². The van der Waals surface area contributed by atoms with Crippen LogP contribution in [0.3, 0.4) is 0 Å². The number of hydrogen-bond acceptors (Lipinski definition) is 4. The number of nitrogens with two attached hydrogens (primary N) is 2. The Morgan fingerprint density at radius 3 is 2.03 bits per heavy atom. The Hall–Kier alpha value is -3.19. The number of likely N-dealkylation sites (N-methyl/N-ethyl adjacent to an activating group) is 1. The Kier molecular flexibility index (Phi) is 17.4. The zero-order valence-electron chi connectivity index (χ0n) is 22.9. The van der Waals surface area contributed by atoms with Gasteiger partial charge in [-0.05, 0) is 48.8 Å². The van der Waals surface area contributed by atoms with Crippen molar-refractivity contribution in [2.75, 3.05) is 13.1 Å². The summed E-state index contributed by atoms with van der Waals surface area (Å²) in [5, 5.41) is 2.77. The summed E-state index contributed by atoms with van der Waals surface area (Å²) in [4.78, 5) is 34.2. The van der Waals surface area contributed by atoms with Crippen LogP contribution in [0.4, 0.5) is 0 Å². The summed E-state index contributed by atoms with van der Waals surface area (Å²) >= 11 is 0. The maximum absolute atomic E-state index is 12.1. The van der Waals surface area contributed by atoms with Crippen molar-refractivity contribution in [3.8, 4) is 11.1 Å². The fourth-order valence-corrected chi connectivity index (χ4v) is 3.64. The molecule has 5 N–H and O–H groups in total. The minimum absolute atomic E-state index is 0.0608. The molecule has 0 spiro atoms. The Labute approximate surface area is 217 Å². The molecule has 2 aromatic carbocycles. The lowest BCUT2D eigenvalue weighted by Crippen LogP contribution is -2.52. The Morgan fingerprint density at radius 1 is 1.03 bits per heavy atom. The lowest BCUT2D eigenvalue weighted by atomic mass is 10.0. The Balaban J connectivity index is 0.000000583. The summed E-state index contributed by atoms with van der Waals surface area (Å²) in [6.45, 7) is 13.1. The number of primary amides is 1. The van der Waals surface area contributed by atoms with Crippen molar-refractivity contribution in [1.82, 2.24) is 10.2 Å². The summed E-state index contributed by atoms with van der Waals surface area (Å²) in [5.74, 6) is -0.0685. The highest BCUT2D eigenvalue weighted by atomic mass is 16.2. The minimum atomic E-state index is -0.509. The molecule has 7 heteroatoms. The molecule has 0 aromatic heterocycles. The number of carbonyl (C=O) groups is 3. The van der Waals surface area contributed by atoms with Gasteiger partial charge in [0.05, 0.1) is 6.04 Å². The standard InChI is InChI=1S/C14H14.C12H23N3O2.C2H6.CH3NO/c1-2-12-8-10-14(11-9-12)13-6-4-3-5-7-13;1-4-14-11(16)9-6-5-7-15(9)12(17)10(13)8(2)3;1-2;2-1-3/h3-11H,2H2,1H3;8-10H,4-7,13H2,1-3H3,(H,14,16);1-2H3;1H,(H2,2,3)/t;9-,10?;;/m.0../s1. The van der Waals surface area contributed by atoms with Gasteiger partial charge in [-0.15, -0.1) is 0 Å². The van der Waals surface area contributed by atoms with Crippen molar-refractivity contribution in [2.45, 2.75) is 72.9 Å². The van der Waals surface area contributed by atoms with Crippen LogP contribution < -0.4 is 16.8 Å². The maximum Gasteiger partial charge on any atom is 0.242 e. The van der Waals surface area contributed by atoms with Crippen molar-refractivity contribution in [3.05, 3.63) is 60.2 Å². The van der Waals surface area contributed by atoms with Crippen molar-refractivity contribution in [2.24, 2.45) is 17.4 Å². The Morgan fingerprint density at radius 2 is 1.56 bits per heavy atom. The SMILES string of the molecule is CC.CCNC(=O)[C@@H]1CCCN1C(=O)C(N)C(C)C.CCc1ccc(-c2ccccc2)cc1.NC=O. The summed E-state index contributed by atoms with van der Waals surface area (Å²) < 4.78 is 0. The molecule has 2 atom stereocenters. The zero-order valence-corrected chi connectivity index (χ0v) is 22.9. The third-order valence-corrected chi connectivity index (χ3v) is 5.66. The number of carbonyl (C=O) groups excluding carboxylic acids is 3. The highest BCUT2D eigenvalue weighted by Gasteiger charge is 2.36. The Bertz CT molecular complexity index is 870. The predicted octanol–water partition coefficient (Wildman–Crippen LogP) is 4.14. The van der Waals surface area contributed by atoms with Crippen LogP contribution in [0.15, 0.2) is 54.6 Å². The molecule has 1 aliphatic heterocycles. The van der Waals surface area contributed by atoms with E-state index in [1.54, 1.807) is 4.90 Å². The number of amides is 3. The topological polar surface area (TPSA) is 119 Å². The molecule has 0 aliphatic carbocycles. The molecule has 1 saturated heterocycles. The van der Waals surface area contributed by atoms with E-state index in [1.807, 2.05) is 40.7 Å². The minimum Gasteiger partial charge on any atom is -0.372 e. The molecule has 2 aromatic rings. The lowest BCUT2D eigenvalue weighted by Gasteiger charge is -2.27. The highest BCUT2D eigenvalue weighted by molar-refractivity contribution is 5.90. The second-order valence-corrected chi connectivity index (χ2v) is 8.41. The molecule has 7 nitrogen and oxygen atoms in total. The van der Waals surface area contributed by atoms with Gasteiger partial charge in [-0.2, -0.15) is 0 Å². The molecule has 3 rings (SSSR count). The van der Waals surface area contributed by atoms with Gasteiger partial charge in [0.2, 0.25) is 18.2 Å². The molecule has 1 fully saturated rings. The summed E-state index contributed by atoms with van der Waals surface area (Å²) in [6.07, 6.45) is 2.97.